The van der Waals surface area contributed by atoms with E-state index in [0.717, 1.165) is 12.2 Å². The topological polar surface area (TPSA) is 0 Å². The van der Waals surface area contributed by atoms with Crippen LogP contribution in [-0.4, -0.2) is 18.0 Å². The zero-order chi connectivity index (χ0) is 11.9. The lowest BCUT2D eigenvalue weighted by Crippen LogP contribution is -2.57. The van der Waals surface area contributed by atoms with Crippen LogP contribution >= 0.6 is 0 Å². The summed E-state index contributed by atoms with van der Waals surface area (Å²) < 4.78 is 85.7. The Morgan fingerprint density at radius 2 is 1.00 bits per heavy atom. The molecule has 1 aliphatic carbocycles. The molecule has 0 aromatic carbocycles. The number of alkyl halides is 7. The summed E-state index contributed by atoms with van der Waals surface area (Å²) in [6.45, 7) is 0. The molecule has 0 nitrogen and oxygen atoms in total. The average molecular weight is 234 g/mol. The van der Waals surface area contributed by atoms with E-state index < -0.39 is 23.9 Å². The van der Waals surface area contributed by atoms with E-state index >= 15 is 0 Å². The van der Waals surface area contributed by atoms with Gasteiger partial charge in [0.25, 0.3) is 0 Å². The van der Waals surface area contributed by atoms with Gasteiger partial charge < -0.3 is 0 Å². The minimum Gasteiger partial charge on any atom is -0.223 e. The van der Waals surface area contributed by atoms with E-state index in [1.165, 1.54) is 0 Å². The number of hydrogen-bond acceptors (Lipinski definition) is 0. The Morgan fingerprint density at radius 3 is 1.27 bits per heavy atom. The third-order valence-electron chi connectivity index (χ3n) is 2.03. The quantitative estimate of drug-likeness (QED) is 0.608. The second kappa shape index (κ2) is 3.24. The van der Waals surface area contributed by atoms with Crippen molar-refractivity contribution < 1.29 is 30.7 Å². The molecule has 86 valence electrons. The highest BCUT2D eigenvalue weighted by Crippen LogP contribution is 2.52. The lowest BCUT2D eigenvalue weighted by Gasteiger charge is -2.33. The predicted octanol–water partition coefficient (Wildman–Crippen LogP) is 3.56. The molecular formula is C8H5F7. The van der Waals surface area contributed by atoms with Crippen LogP contribution < -0.4 is 0 Å². The average Bonchev–Trinajstić information content (AvgIpc) is 2.49. The molecule has 0 N–H and O–H groups in total. The highest BCUT2D eigenvalue weighted by Gasteiger charge is 2.75. The van der Waals surface area contributed by atoms with Crippen LogP contribution in [0, 0.1) is 5.92 Å². The minimum absolute atomic E-state index is 0.529. The van der Waals surface area contributed by atoms with Gasteiger partial charge in [-0.1, -0.05) is 24.3 Å². The van der Waals surface area contributed by atoms with Gasteiger partial charge in [-0.05, 0) is 0 Å². The second-order valence-corrected chi connectivity index (χ2v) is 3.00. The van der Waals surface area contributed by atoms with Crippen LogP contribution in [-0.2, 0) is 0 Å². The molecule has 0 heterocycles. The third-order valence-corrected chi connectivity index (χ3v) is 2.03. The Labute approximate surface area is 80.1 Å². The fourth-order valence-corrected chi connectivity index (χ4v) is 1.24. The molecule has 0 aromatic heterocycles. The molecule has 0 saturated heterocycles. The van der Waals surface area contributed by atoms with Gasteiger partial charge >= 0.3 is 18.0 Å². The fraction of sp³-hybridized carbons (Fsp3) is 0.500. The van der Waals surface area contributed by atoms with Crippen LogP contribution in [0.15, 0.2) is 24.3 Å². The summed E-state index contributed by atoms with van der Waals surface area (Å²) in [5, 5.41) is 0. The lowest BCUT2D eigenvalue weighted by molar-refractivity contribution is -0.349. The van der Waals surface area contributed by atoms with Crippen molar-refractivity contribution in [2.45, 2.75) is 18.0 Å². The first kappa shape index (κ1) is 12.1. The molecule has 1 aliphatic rings. The largest absolute Gasteiger partial charge is 0.432 e. The van der Waals surface area contributed by atoms with E-state index in [9.17, 15) is 30.7 Å². The summed E-state index contributed by atoms with van der Waals surface area (Å²) in [5.41, 5.74) is -5.22. The van der Waals surface area contributed by atoms with E-state index in [-0.39, 0.29) is 0 Å². The molecular weight excluding hydrogens is 229 g/mol. The number of allylic oxidation sites excluding steroid dienone is 4. The SMILES string of the molecule is FC(F)(F)C(F)(C1C=CC=C1)C(F)(F)F. The monoisotopic (exact) mass is 234 g/mol. The first-order chi connectivity index (χ1) is 6.61. The predicted molar refractivity (Wildman–Crippen MR) is 37.7 cm³/mol. The maximum absolute atomic E-state index is 13.2. The normalized spacial score (nSPS) is 18.9. The molecule has 0 saturated carbocycles. The lowest BCUT2D eigenvalue weighted by atomic mass is 9.89. The molecule has 0 bridgehead atoms. The van der Waals surface area contributed by atoms with Crippen molar-refractivity contribution in [3.05, 3.63) is 24.3 Å². The zero-order valence-corrected chi connectivity index (χ0v) is 7.03. The van der Waals surface area contributed by atoms with Crippen molar-refractivity contribution in [1.82, 2.24) is 0 Å². The van der Waals surface area contributed by atoms with Crippen molar-refractivity contribution in [3.63, 3.8) is 0 Å². The van der Waals surface area contributed by atoms with Gasteiger partial charge in [0.05, 0.1) is 0 Å². The van der Waals surface area contributed by atoms with Crippen LogP contribution in [0.2, 0.25) is 0 Å². The third kappa shape index (κ3) is 1.74. The van der Waals surface area contributed by atoms with E-state index in [0.29, 0.717) is 12.2 Å². The molecule has 0 radical (unpaired) electrons. The summed E-state index contributed by atoms with van der Waals surface area (Å²) in [4.78, 5) is 0. The summed E-state index contributed by atoms with van der Waals surface area (Å²) in [7, 11) is 0. The maximum Gasteiger partial charge on any atom is 0.432 e. The minimum atomic E-state index is -5.99. The van der Waals surface area contributed by atoms with Gasteiger partial charge in [-0.25, -0.2) is 4.39 Å². The summed E-state index contributed by atoms with van der Waals surface area (Å²) in [5.74, 6) is -2.35. The number of hydrogen-bond donors (Lipinski definition) is 0. The summed E-state index contributed by atoms with van der Waals surface area (Å²) in [6.07, 6.45) is -9.04. The fourth-order valence-electron chi connectivity index (χ4n) is 1.24. The molecule has 0 atom stereocenters. The first-order valence-electron chi connectivity index (χ1n) is 3.78. The molecule has 0 fully saturated rings. The van der Waals surface area contributed by atoms with Crippen LogP contribution in [0.5, 0.6) is 0 Å². The van der Waals surface area contributed by atoms with Crippen molar-refractivity contribution in [2.24, 2.45) is 5.92 Å². The van der Waals surface area contributed by atoms with Crippen LogP contribution in [0.1, 0.15) is 0 Å². The summed E-state index contributed by atoms with van der Waals surface area (Å²) >= 11 is 0. The standard InChI is InChI=1S/C8H5F7/c9-6(7(10,11)12,8(13,14)15)5-3-1-2-4-5/h1-5H. The van der Waals surface area contributed by atoms with Crippen molar-refractivity contribution >= 4 is 0 Å². The van der Waals surface area contributed by atoms with Gasteiger partial charge in [0.15, 0.2) is 0 Å². The molecule has 15 heavy (non-hydrogen) atoms. The molecule has 1 rings (SSSR count). The first-order valence-corrected chi connectivity index (χ1v) is 3.78. The van der Waals surface area contributed by atoms with Gasteiger partial charge in [-0.15, -0.1) is 0 Å². The van der Waals surface area contributed by atoms with E-state index in [4.69, 9.17) is 0 Å². The highest BCUT2D eigenvalue weighted by molar-refractivity contribution is 5.24. The Bertz CT molecular complexity index is 267. The number of halogens is 7. The molecule has 7 heteroatoms. The molecule has 0 spiro atoms. The molecule has 0 unspecified atom stereocenters. The molecule has 0 aromatic rings. The van der Waals surface area contributed by atoms with Gasteiger partial charge in [0, 0.05) is 5.92 Å². The number of rotatable bonds is 1. The van der Waals surface area contributed by atoms with E-state index in [1.54, 1.807) is 0 Å². The van der Waals surface area contributed by atoms with Crippen molar-refractivity contribution in [2.75, 3.05) is 0 Å². The van der Waals surface area contributed by atoms with E-state index in [2.05, 4.69) is 0 Å². The zero-order valence-electron chi connectivity index (χ0n) is 7.03. The maximum atomic E-state index is 13.2. The van der Waals surface area contributed by atoms with Crippen LogP contribution in [0.3, 0.4) is 0 Å². The smallest absolute Gasteiger partial charge is 0.223 e. The van der Waals surface area contributed by atoms with E-state index in [1.807, 2.05) is 0 Å². The highest BCUT2D eigenvalue weighted by atomic mass is 19.4. The van der Waals surface area contributed by atoms with Crippen LogP contribution in [0.25, 0.3) is 0 Å². The Hall–Kier alpha value is -1.01. The van der Waals surface area contributed by atoms with Gasteiger partial charge in [-0.2, -0.15) is 26.3 Å². The molecule has 0 aliphatic heterocycles. The molecule has 0 amide bonds. The Kier molecular flexibility index (Phi) is 2.61. The summed E-state index contributed by atoms with van der Waals surface area (Å²) in [6, 6.07) is 0. The second-order valence-electron chi connectivity index (χ2n) is 3.00. The Morgan fingerprint density at radius 1 is 0.667 bits per heavy atom. The van der Waals surface area contributed by atoms with Crippen molar-refractivity contribution in [3.8, 4) is 0 Å². The van der Waals surface area contributed by atoms with Gasteiger partial charge in [0.2, 0.25) is 0 Å². The van der Waals surface area contributed by atoms with Crippen molar-refractivity contribution in [1.29, 1.82) is 0 Å². The Balaban J connectivity index is 3.19. The van der Waals surface area contributed by atoms with Crippen LogP contribution in [0.4, 0.5) is 30.7 Å². The van der Waals surface area contributed by atoms with Gasteiger partial charge in [-0.3, -0.25) is 0 Å². The van der Waals surface area contributed by atoms with Gasteiger partial charge in [0.1, 0.15) is 0 Å².